The number of imidazole rings is 1. The van der Waals surface area contributed by atoms with Gasteiger partial charge in [0.2, 0.25) is 20.1 Å². The van der Waals surface area contributed by atoms with Gasteiger partial charge in [0.05, 0.1) is 12.9 Å². The fourth-order valence-corrected chi connectivity index (χ4v) is 8.65. The van der Waals surface area contributed by atoms with Crippen molar-refractivity contribution in [3.8, 4) is 5.88 Å². The molecule has 0 aromatic carbocycles. The van der Waals surface area contributed by atoms with Crippen LogP contribution in [0.25, 0.3) is 11.2 Å². The average Bonchev–Trinajstić information content (AvgIpc) is 3.23. The molecule has 0 bridgehead atoms. The molecule has 15 heteroatoms. The predicted octanol–water partition coefficient (Wildman–Crippen LogP) is 6.48. The van der Waals surface area contributed by atoms with E-state index >= 15 is 0 Å². The number of anilines is 1. The minimum Gasteiger partial charge on any atom is -0.530 e. The second-order valence-corrected chi connectivity index (χ2v) is 38.3. The van der Waals surface area contributed by atoms with Crippen molar-refractivity contribution in [1.29, 1.82) is 0 Å². The van der Waals surface area contributed by atoms with E-state index < -0.39 is 47.7 Å². The highest BCUT2D eigenvalue weighted by Gasteiger charge is 2.50. The molecule has 0 spiro atoms. The molecule has 0 aliphatic carbocycles. The summed E-state index contributed by atoms with van der Waals surface area (Å²) in [4.78, 5) is 18.1. The van der Waals surface area contributed by atoms with Gasteiger partial charge in [-0.05, 0) is 78.6 Å². The summed E-state index contributed by atoms with van der Waals surface area (Å²) in [5, 5.41) is 0. The van der Waals surface area contributed by atoms with Crippen LogP contribution in [-0.2, 0) is 18.0 Å². The van der Waals surface area contributed by atoms with E-state index in [1.165, 1.54) is 0 Å². The summed E-state index contributed by atoms with van der Waals surface area (Å²) < 4.78 is 35.3. The normalized spacial score (nSPS) is 23.2. The first-order valence-electron chi connectivity index (χ1n) is 14.3. The fraction of sp³-hybridized carbons (Fsp3) is 0.800. The maximum atomic E-state index is 6.87. The van der Waals surface area contributed by atoms with E-state index in [0.717, 1.165) is 0 Å². The molecule has 40 heavy (non-hydrogen) atoms. The van der Waals surface area contributed by atoms with Gasteiger partial charge in [0.25, 0.3) is 0 Å². The molecule has 10 nitrogen and oxygen atoms in total. The Kier molecular flexibility index (Phi) is 9.76. The van der Waals surface area contributed by atoms with Gasteiger partial charge in [0.1, 0.15) is 26.5 Å². The molecule has 2 aromatic heterocycles. The zero-order valence-corrected chi connectivity index (χ0v) is 32.4. The van der Waals surface area contributed by atoms with Crippen LogP contribution < -0.4 is 9.41 Å². The number of ether oxygens (including phenoxy) is 1. The maximum Gasteiger partial charge on any atom is 0.244 e. The minimum atomic E-state index is -2.00. The van der Waals surface area contributed by atoms with Crippen molar-refractivity contribution in [1.82, 2.24) is 19.5 Å². The van der Waals surface area contributed by atoms with Crippen LogP contribution in [-0.4, -0.2) is 85.9 Å². The number of aromatic nitrogens is 4. The number of hydrogen-bond donors (Lipinski definition) is 1. The summed E-state index contributed by atoms with van der Waals surface area (Å²) in [6.45, 7) is 33.3. The van der Waals surface area contributed by atoms with Crippen LogP contribution in [0.2, 0.25) is 98.2 Å². The van der Waals surface area contributed by atoms with E-state index in [4.69, 9.17) is 37.4 Å². The van der Waals surface area contributed by atoms with Crippen molar-refractivity contribution < 1.29 is 22.4 Å². The molecular formula is C25H53N5O5Si5. The van der Waals surface area contributed by atoms with Gasteiger partial charge in [-0.15, -0.1) is 0 Å². The largest absolute Gasteiger partial charge is 0.530 e. The van der Waals surface area contributed by atoms with Crippen molar-refractivity contribution in [3.05, 3.63) is 6.33 Å². The molecule has 228 valence electrons. The number of nitrogens with one attached hydrogen (secondary N) is 1. The molecular weight excluding hydrogens is 591 g/mol. The Morgan fingerprint density at radius 1 is 0.775 bits per heavy atom. The smallest absolute Gasteiger partial charge is 0.244 e. The second-order valence-electron chi connectivity index (χ2n) is 15.6. The van der Waals surface area contributed by atoms with Gasteiger partial charge < -0.3 is 27.4 Å². The third kappa shape index (κ3) is 9.83. The Morgan fingerprint density at radius 3 is 1.85 bits per heavy atom. The Balaban J connectivity index is 2.17. The van der Waals surface area contributed by atoms with Crippen molar-refractivity contribution >= 4 is 58.6 Å². The molecule has 1 saturated heterocycles. The number of hydrogen-bond acceptors (Lipinski definition) is 9. The zero-order chi connectivity index (χ0) is 30.5. The van der Waals surface area contributed by atoms with Crippen LogP contribution in [0.3, 0.4) is 0 Å². The molecule has 1 aliphatic heterocycles. The number of nitrogens with zero attached hydrogens (tertiary/aromatic N) is 4. The lowest BCUT2D eigenvalue weighted by molar-refractivity contribution is -0.0456. The zero-order valence-electron chi connectivity index (χ0n) is 27.4. The number of rotatable bonds is 12. The van der Waals surface area contributed by atoms with Crippen LogP contribution >= 0.6 is 0 Å². The monoisotopic (exact) mass is 643 g/mol. The van der Waals surface area contributed by atoms with Crippen molar-refractivity contribution in [2.45, 2.75) is 123 Å². The minimum absolute atomic E-state index is 0.267. The molecule has 1 aliphatic rings. The molecule has 0 radical (unpaired) electrons. The SMILES string of the molecule is C[Si](C)(C)Nc1nc(O[Si](C)(C)C)c2ncn([C@H]3O[C@@H](CO[Si](C)(C)C)[C@H](O[Si](C)(C)C)[C@@H]3O[Si](C)(C)C)c2n1. The van der Waals surface area contributed by atoms with Gasteiger partial charge in [-0.1, -0.05) is 19.6 Å². The van der Waals surface area contributed by atoms with Gasteiger partial charge >= 0.3 is 0 Å². The second kappa shape index (κ2) is 11.6. The lowest BCUT2D eigenvalue weighted by Gasteiger charge is -2.34. The quantitative estimate of drug-likeness (QED) is 0.261. The number of fused-ring (bicyclic) bond motifs is 1. The van der Waals surface area contributed by atoms with Gasteiger partial charge in [0.15, 0.2) is 42.3 Å². The first-order chi connectivity index (χ1) is 17.9. The molecule has 1 N–H and O–H groups in total. The summed E-state index contributed by atoms with van der Waals surface area (Å²) in [6, 6.07) is 0. The molecule has 2 aromatic rings. The summed E-state index contributed by atoms with van der Waals surface area (Å²) in [5.74, 6) is 1.06. The van der Waals surface area contributed by atoms with Crippen LogP contribution in [0.1, 0.15) is 6.23 Å². The fourth-order valence-electron chi connectivity index (χ4n) is 4.31. The Morgan fingerprint density at radius 2 is 1.35 bits per heavy atom. The van der Waals surface area contributed by atoms with Crippen LogP contribution in [0.5, 0.6) is 5.88 Å². The van der Waals surface area contributed by atoms with E-state index in [1.54, 1.807) is 6.33 Å². The molecule has 0 amide bonds. The summed E-state index contributed by atoms with van der Waals surface area (Å²) in [5.41, 5.74) is 1.29. The van der Waals surface area contributed by atoms with E-state index in [0.29, 0.717) is 29.6 Å². The lowest BCUT2D eigenvalue weighted by Crippen LogP contribution is -2.48. The highest BCUT2D eigenvalue weighted by atomic mass is 28.4. The van der Waals surface area contributed by atoms with Crippen LogP contribution in [0, 0.1) is 0 Å². The molecule has 0 saturated carbocycles. The highest BCUT2D eigenvalue weighted by Crippen LogP contribution is 2.39. The summed E-state index contributed by atoms with van der Waals surface area (Å²) in [6.07, 6.45) is 0.420. The molecule has 4 atom stereocenters. The van der Waals surface area contributed by atoms with Crippen LogP contribution in [0.4, 0.5) is 5.95 Å². The Labute approximate surface area is 246 Å². The van der Waals surface area contributed by atoms with E-state index in [1.807, 2.05) is 4.57 Å². The van der Waals surface area contributed by atoms with Gasteiger partial charge in [-0.2, -0.15) is 9.97 Å². The molecule has 1 fully saturated rings. The first kappa shape index (κ1) is 33.6. The third-order valence-electron chi connectivity index (χ3n) is 5.50. The van der Waals surface area contributed by atoms with Gasteiger partial charge in [-0.25, -0.2) is 4.98 Å². The molecule has 0 unspecified atom stereocenters. The van der Waals surface area contributed by atoms with Crippen molar-refractivity contribution in [3.63, 3.8) is 0 Å². The highest BCUT2D eigenvalue weighted by molar-refractivity contribution is 6.79. The first-order valence-corrected chi connectivity index (χ1v) is 31.4. The van der Waals surface area contributed by atoms with E-state index in [9.17, 15) is 0 Å². The topological polar surface area (TPSA) is 102 Å². The summed E-state index contributed by atoms with van der Waals surface area (Å²) in [7, 11) is -9.47. The van der Waals surface area contributed by atoms with Crippen molar-refractivity contribution in [2.75, 3.05) is 11.6 Å². The van der Waals surface area contributed by atoms with Gasteiger partial charge in [-0.3, -0.25) is 4.57 Å². The average molecular weight is 644 g/mol. The van der Waals surface area contributed by atoms with Crippen LogP contribution in [0.15, 0.2) is 6.33 Å². The Bertz CT molecular complexity index is 1160. The lowest BCUT2D eigenvalue weighted by atomic mass is 10.1. The molecule has 3 heterocycles. The van der Waals surface area contributed by atoms with E-state index in [-0.39, 0.29) is 18.3 Å². The standard InChI is InChI=1S/C25H53N5O5Si5/c1-36(2,3)29-25-27-22-19(23(28-25)35-40(13,14)15)26-17-30(22)24-21(34-39(10,11)12)20(33-38(7,8)9)18(32-24)16-31-37(4,5)6/h17-18,20-21,24H,16H2,1-15H3,(H,27,28,29)/t18-,20-,21-,24-/m0/s1. The third-order valence-corrected chi connectivity index (χ3v) is 10.3. The summed E-state index contributed by atoms with van der Waals surface area (Å²) >= 11 is 0. The predicted molar refractivity (Wildman–Crippen MR) is 176 cm³/mol. The Hall–Kier alpha value is -0.926. The van der Waals surface area contributed by atoms with E-state index in [2.05, 4.69) is 103 Å². The van der Waals surface area contributed by atoms with Gasteiger partial charge in [0, 0.05) is 0 Å². The van der Waals surface area contributed by atoms with Crippen molar-refractivity contribution in [2.24, 2.45) is 0 Å². The maximum absolute atomic E-state index is 6.87. The molecule has 3 rings (SSSR count).